The maximum atomic E-state index is 12.1. The lowest BCUT2D eigenvalue weighted by atomic mass is 10.2. The van der Waals surface area contributed by atoms with Crippen LogP contribution in [0.15, 0.2) is 23.1 Å². The number of benzene rings is 1. The van der Waals surface area contributed by atoms with E-state index in [0.29, 0.717) is 6.07 Å². The van der Waals surface area contributed by atoms with Crippen LogP contribution in [0.3, 0.4) is 0 Å². The molecule has 0 aromatic heterocycles. The lowest BCUT2D eigenvalue weighted by Crippen LogP contribution is -2.07. The van der Waals surface area contributed by atoms with E-state index in [1.165, 1.54) is 0 Å². The molecule has 0 unspecified atom stereocenters. The van der Waals surface area contributed by atoms with Gasteiger partial charge in [-0.2, -0.15) is 13.2 Å². The summed E-state index contributed by atoms with van der Waals surface area (Å²) >= 11 is 0. The number of hydrogen-bond donors (Lipinski definition) is 0. The Morgan fingerprint density at radius 1 is 1.36 bits per heavy atom. The zero-order valence-electron chi connectivity index (χ0n) is 7.09. The van der Waals surface area contributed by atoms with Crippen molar-refractivity contribution >= 4 is 9.84 Å². The Hall–Kier alpha value is -1.04. The van der Waals surface area contributed by atoms with Crippen LogP contribution in [-0.4, -0.2) is 14.7 Å². The molecule has 0 N–H and O–H groups in total. The van der Waals surface area contributed by atoms with E-state index < -0.39 is 26.5 Å². The lowest BCUT2D eigenvalue weighted by Gasteiger charge is -2.06. The molecule has 0 saturated carbocycles. The van der Waals surface area contributed by atoms with Gasteiger partial charge < -0.3 is 0 Å². The van der Waals surface area contributed by atoms with Crippen LogP contribution in [0.25, 0.3) is 0 Å². The summed E-state index contributed by atoms with van der Waals surface area (Å²) in [4.78, 5) is -0.452. The monoisotopic (exact) mass is 223 g/mol. The van der Waals surface area contributed by atoms with Crippen LogP contribution in [0.5, 0.6) is 0 Å². The van der Waals surface area contributed by atoms with Crippen molar-refractivity contribution in [1.29, 1.82) is 0 Å². The number of hydrogen-bond acceptors (Lipinski definition) is 2. The van der Waals surface area contributed by atoms with Gasteiger partial charge in [-0.3, -0.25) is 0 Å². The van der Waals surface area contributed by atoms with Crippen LogP contribution < -0.4 is 0 Å². The van der Waals surface area contributed by atoms with E-state index in [1.54, 1.807) is 0 Å². The van der Waals surface area contributed by atoms with Crippen molar-refractivity contribution in [2.45, 2.75) is 11.1 Å². The van der Waals surface area contributed by atoms with Gasteiger partial charge >= 0.3 is 6.18 Å². The Balaban J connectivity index is 3.29. The quantitative estimate of drug-likeness (QED) is 0.728. The predicted octanol–water partition coefficient (Wildman–Crippen LogP) is 1.91. The maximum absolute atomic E-state index is 12.1. The second-order valence-corrected chi connectivity index (χ2v) is 4.70. The molecule has 0 bridgehead atoms. The number of alkyl halides is 3. The van der Waals surface area contributed by atoms with E-state index in [1.807, 2.05) is 0 Å². The molecule has 0 aliphatic heterocycles. The summed E-state index contributed by atoms with van der Waals surface area (Å²) in [5.74, 6) is 0. The van der Waals surface area contributed by atoms with Crippen molar-refractivity contribution < 1.29 is 21.6 Å². The van der Waals surface area contributed by atoms with Crippen molar-refractivity contribution in [3.8, 4) is 0 Å². The zero-order chi connectivity index (χ0) is 11.0. The predicted molar refractivity (Wildman–Crippen MR) is 43.4 cm³/mol. The normalized spacial score (nSPS) is 12.9. The lowest BCUT2D eigenvalue weighted by molar-refractivity contribution is -0.137. The van der Waals surface area contributed by atoms with Crippen LogP contribution in [-0.2, 0) is 16.0 Å². The van der Waals surface area contributed by atoms with Crippen LogP contribution >= 0.6 is 0 Å². The minimum atomic E-state index is -4.53. The van der Waals surface area contributed by atoms with E-state index in [-0.39, 0.29) is 0 Å². The molecule has 1 radical (unpaired) electrons. The highest BCUT2D eigenvalue weighted by atomic mass is 32.2. The average molecular weight is 223 g/mol. The molecule has 0 spiro atoms. The summed E-state index contributed by atoms with van der Waals surface area (Å²) in [5, 5.41) is 0. The first kappa shape index (κ1) is 11.0. The molecule has 77 valence electrons. The largest absolute Gasteiger partial charge is 0.416 e. The molecular weight excluding hydrogens is 217 g/mol. The molecule has 0 amide bonds. The number of rotatable bonds is 1. The Morgan fingerprint density at radius 2 is 1.93 bits per heavy atom. The van der Waals surface area contributed by atoms with Gasteiger partial charge in [0.15, 0.2) is 9.84 Å². The summed E-state index contributed by atoms with van der Waals surface area (Å²) < 4.78 is 58.3. The molecule has 0 aliphatic rings. The van der Waals surface area contributed by atoms with Gasteiger partial charge in [-0.05, 0) is 12.1 Å². The summed E-state index contributed by atoms with van der Waals surface area (Å²) in [6, 6.07) is 4.51. The maximum Gasteiger partial charge on any atom is 0.416 e. The first-order valence-corrected chi connectivity index (χ1v) is 5.39. The van der Waals surface area contributed by atoms with Gasteiger partial charge in [0.05, 0.1) is 10.5 Å². The Bertz CT molecular complexity index is 434. The fourth-order valence-corrected chi connectivity index (χ4v) is 1.46. The molecular formula is C8H6F3O2S. The third-order valence-electron chi connectivity index (χ3n) is 1.50. The minimum Gasteiger partial charge on any atom is -0.224 e. The molecule has 0 saturated heterocycles. The van der Waals surface area contributed by atoms with Gasteiger partial charge in [0, 0.05) is 12.3 Å². The molecule has 1 aromatic carbocycles. The van der Waals surface area contributed by atoms with Gasteiger partial charge in [-0.25, -0.2) is 8.42 Å². The minimum absolute atomic E-state index is 0.452. The van der Waals surface area contributed by atoms with Gasteiger partial charge in [0.1, 0.15) is 0 Å². The van der Waals surface area contributed by atoms with Gasteiger partial charge in [-0.1, -0.05) is 6.07 Å². The number of sulfone groups is 1. The molecule has 2 nitrogen and oxygen atoms in total. The van der Waals surface area contributed by atoms with Crippen molar-refractivity contribution in [2.75, 3.05) is 6.26 Å². The summed E-state index contributed by atoms with van der Waals surface area (Å²) in [6.07, 6.45) is -3.70. The summed E-state index contributed by atoms with van der Waals surface area (Å²) in [6.45, 7) is 0. The topological polar surface area (TPSA) is 34.1 Å². The van der Waals surface area contributed by atoms with Crippen molar-refractivity contribution in [3.05, 3.63) is 29.8 Å². The summed E-state index contributed by atoms with van der Waals surface area (Å²) in [5.41, 5.74) is -0.989. The van der Waals surface area contributed by atoms with E-state index in [4.69, 9.17) is 0 Å². The van der Waals surface area contributed by atoms with Gasteiger partial charge in [0.2, 0.25) is 0 Å². The molecule has 1 rings (SSSR count). The fourth-order valence-electron chi connectivity index (χ4n) is 0.835. The first-order valence-electron chi connectivity index (χ1n) is 3.50. The highest BCUT2D eigenvalue weighted by Gasteiger charge is 2.31. The van der Waals surface area contributed by atoms with E-state index >= 15 is 0 Å². The highest BCUT2D eigenvalue weighted by molar-refractivity contribution is 7.90. The Labute approximate surface area is 79.3 Å². The van der Waals surface area contributed by atoms with Crippen LogP contribution in [0, 0.1) is 6.07 Å². The smallest absolute Gasteiger partial charge is 0.224 e. The van der Waals surface area contributed by atoms with Crippen LogP contribution in [0.2, 0.25) is 0 Å². The standard InChI is InChI=1S/C8H6F3O2S/c1-14(12,13)7-4-2-3-6(5-7)8(9,10)11/h2-3,5H,1H3. The van der Waals surface area contributed by atoms with E-state index in [2.05, 4.69) is 6.07 Å². The molecule has 6 heteroatoms. The zero-order valence-corrected chi connectivity index (χ0v) is 7.91. The second kappa shape index (κ2) is 3.27. The third-order valence-corrected chi connectivity index (χ3v) is 2.54. The Kier molecular flexibility index (Phi) is 2.58. The SMILES string of the molecule is CS(=O)(=O)c1[c]ccc(C(F)(F)F)c1. The molecule has 1 aromatic rings. The van der Waals surface area contributed by atoms with E-state index in [0.717, 1.165) is 18.4 Å². The number of halogens is 3. The fraction of sp³-hybridized carbons (Fsp3) is 0.250. The Morgan fingerprint density at radius 3 is 2.36 bits per heavy atom. The van der Waals surface area contributed by atoms with E-state index in [9.17, 15) is 21.6 Å². The average Bonchev–Trinajstić information content (AvgIpc) is 2.01. The molecule has 0 fully saturated rings. The first-order chi connectivity index (χ1) is 6.21. The van der Waals surface area contributed by atoms with Crippen molar-refractivity contribution in [1.82, 2.24) is 0 Å². The van der Waals surface area contributed by atoms with Crippen molar-refractivity contribution in [3.63, 3.8) is 0 Å². The van der Waals surface area contributed by atoms with Crippen molar-refractivity contribution in [2.24, 2.45) is 0 Å². The molecule has 0 aliphatic carbocycles. The van der Waals surface area contributed by atoms with Gasteiger partial charge in [-0.15, -0.1) is 0 Å². The van der Waals surface area contributed by atoms with Crippen LogP contribution in [0.1, 0.15) is 5.56 Å². The second-order valence-electron chi connectivity index (χ2n) is 2.71. The molecule has 14 heavy (non-hydrogen) atoms. The summed E-state index contributed by atoms with van der Waals surface area (Å²) in [7, 11) is -3.64. The molecule has 0 atom stereocenters. The van der Waals surface area contributed by atoms with Crippen LogP contribution in [0.4, 0.5) is 13.2 Å². The third kappa shape index (κ3) is 2.47. The van der Waals surface area contributed by atoms with Gasteiger partial charge in [0.25, 0.3) is 0 Å². The molecule has 0 heterocycles. The highest BCUT2D eigenvalue weighted by Crippen LogP contribution is 2.30.